The number of amides is 1. The van der Waals surface area contributed by atoms with E-state index in [1.807, 2.05) is 31.2 Å². The van der Waals surface area contributed by atoms with Crippen molar-refractivity contribution in [2.24, 2.45) is 0 Å². The van der Waals surface area contributed by atoms with Crippen LogP contribution in [-0.2, 0) is 19.6 Å². The highest BCUT2D eigenvalue weighted by Gasteiger charge is 2.28. The number of rotatable bonds is 6. The lowest BCUT2D eigenvalue weighted by molar-refractivity contribution is -0.114. The van der Waals surface area contributed by atoms with Crippen LogP contribution in [0.4, 0.5) is 11.4 Å². The molecule has 150 valence electrons. The van der Waals surface area contributed by atoms with Gasteiger partial charge in [-0.1, -0.05) is 18.2 Å². The molecule has 2 N–H and O–H groups in total. The minimum Gasteiger partial charge on any atom is -0.379 e. The largest absolute Gasteiger partial charge is 0.379 e. The minimum atomic E-state index is -3.62. The van der Waals surface area contributed by atoms with Gasteiger partial charge in [-0.15, -0.1) is 0 Å². The van der Waals surface area contributed by atoms with Gasteiger partial charge in [0.1, 0.15) is 0 Å². The van der Waals surface area contributed by atoms with Crippen molar-refractivity contribution in [2.75, 3.05) is 43.5 Å². The van der Waals surface area contributed by atoms with Gasteiger partial charge >= 0.3 is 0 Å². The summed E-state index contributed by atoms with van der Waals surface area (Å²) in [4.78, 5) is 12.5. The number of sulfonamides is 1. The second kappa shape index (κ2) is 8.72. The zero-order chi connectivity index (χ0) is 20.1. The van der Waals surface area contributed by atoms with Crippen LogP contribution in [0.3, 0.4) is 0 Å². The number of aryl methyl sites for hydroxylation is 2. The number of anilines is 2. The molecule has 0 saturated carbocycles. The molecule has 0 atom stereocenters. The predicted octanol–water partition coefficient (Wildman–Crippen LogP) is 2.37. The van der Waals surface area contributed by atoms with Crippen LogP contribution in [0, 0.1) is 13.8 Å². The van der Waals surface area contributed by atoms with Crippen LogP contribution in [0.1, 0.15) is 11.1 Å². The van der Waals surface area contributed by atoms with Crippen molar-refractivity contribution in [3.8, 4) is 0 Å². The first-order valence-corrected chi connectivity index (χ1v) is 10.6. The second-order valence-corrected chi connectivity index (χ2v) is 8.67. The fourth-order valence-electron chi connectivity index (χ4n) is 3.02. The zero-order valence-electron chi connectivity index (χ0n) is 16.1. The number of ether oxygens (including phenoxy) is 1. The summed E-state index contributed by atoms with van der Waals surface area (Å²) in [5.41, 5.74) is 3.05. The van der Waals surface area contributed by atoms with Crippen LogP contribution in [0.2, 0.25) is 0 Å². The molecule has 8 heteroatoms. The molecule has 1 amide bonds. The number of carbonyl (C=O) groups excluding carboxylic acids is 1. The Hall–Kier alpha value is -2.42. The van der Waals surface area contributed by atoms with Crippen LogP contribution in [-0.4, -0.2) is 51.5 Å². The van der Waals surface area contributed by atoms with Crippen LogP contribution < -0.4 is 10.6 Å². The zero-order valence-corrected chi connectivity index (χ0v) is 16.9. The Kier molecular flexibility index (Phi) is 6.33. The van der Waals surface area contributed by atoms with E-state index in [9.17, 15) is 13.2 Å². The number of nitrogens with one attached hydrogen (secondary N) is 2. The Morgan fingerprint density at radius 3 is 2.54 bits per heavy atom. The normalized spacial score (nSPS) is 15.2. The molecule has 1 fully saturated rings. The highest BCUT2D eigenvalue weighted by atomic mass is 32.2. The first kappa shape index (κ1) is 20.3. The van der Waals surface area contributed by atoms with E-state index in [0.717, 1.165) is 11.3 Å². The molecule has 28 heavy (non-hydrogen) atoms. The SMILES string of the molecule is Cc1cccc(NCC(=O)Nc2ccc(C)c(S(=O)(=O)N3CCOCC3)c2)c1. The summed E-state index contributed by atoms with van der Waals surface area (Å²) < 4.78 is 32.5. The predicted molar refractivity (Wildman–Crippen MR) is 109 cm³/mol. The topological polar surface area (TPSA) is 87.7 Å². The monoisotopic (exact) mass is 403 g/mol. The summed E-state index contributed by atoms with van der Waals surface area (Å²) in [6, 6.07) is 12.7. The number of nitrogens with zero attached hydrogens (tertiary/aromatic N) is 1. The van der Waals surface area contributed by atoms with E-state index in [2.05, 4.69) is 10.6 Å². The smallest absolute Gasteiger partial charge is 0.243 e. The number of benzene rings is 2. The lowest BCUT2D eigenvalue weighted by Crippen LogP contribution is -2.40. The lowest BCUT2D eigenvalue weighted by Gasteiger charge is -2.26. The second-order valence-electron chi connectivity index (χ2n) is 6.77. The number of hydrogen-bond donors (Lipinski definition) is 2. The van der Waals surface area contributed by atoms with Gasteiger partial charge in [-0.2, -0.15) is 4.31 Å². The first-order chi connectivity index (χ1) is 13.4. The van der Waals surface area contributed by atoms with Crippen molar-refractivity contribution in [3.05, 3.63) is 53.6 Å². The molecule has 1 heterocycles. The van der Waals surface area contributed by atoms with E-state index in [1.54, 1.807) is 19.1 Å². The van der Waals surface area contributed by atoms with Crippen molar-refractivity contribution in [1.82, 2.24) is 4.31 Å². The Bertz CT molecular complexity index is 954. The molecule has 0 aromatic heterocycles. The van der Waals surface area contributed by atoms with Gasteiger partial charge in [0, 0.05) is 24.5 Å². The van der Waals surface area contributed by atoms with Crippen LogP contribution in [0.25, 0.3) is 0 Å². The lowest BCUT2D eigenvalue weighted by atomic mass is 10.2. The molecule has 0 aliphatic carbocycles. The van der Waals surface area contributed by atoms with Crippen molar-refractivity contribution in [1.29, 1.82) is 0 Å². The third-order valence-electron chi connectivity index (χ3n) is 4.53. The molecule has 3 rings (SSSR count). The van der Waals surface area contributed by atoms with Gasteiger partial charge in [-0.3, -0.25) is 4.79 Å². The summed E-state index contributed by atoms with van der Waals surface area (Å²) in [7, 11) is -3.62. The average Bonchev–Trinajstić information content (AvgIpc) is 2.68. The number of hydrogen-bond acceptors (Lipinski definition) is 5. The van der Waals surface area contributed by atoms with Gasteiger partial charge in [0.25, 0.3) is 0 Å². The molecule has 1 saturated heterocycles. The molecule has 1 aliphatic rings. The maximum absolute atomic E-state index is 12.9. The average molecular weight is 404 g/mol. The molecule has 0 spiro atoms. The summed E-state index contributed by atoms with van der Waals surface area (Å²) in [5.74, 6) is -0.250. The van der Waals surface area contributed by atoms with Crippen molar-refractivity contribution >= 4 is 27.3 Å². The number of carbonyl (C=O) groups is 1. The van der Waals surface area contributed by atoms with Gasteiger partial charge in [0.05, 0.1) is 24.7 Å². The molecule has 2 aromatic carbocycles. The van der Waals surface area contributed by atoms with E-state index >= 15 is 0 Å². The summed E-state index contributed by atoms with van der Waals surface area (Å²) in [6.45, 7) is 5.26. The van der Waals surface area contributed by atoms with Crippen molar-refractivity contribution in [2.45, 2.75) is 18.7 Å². The summed E-state index contributed by atoms with van der Waals surface area (Å²) >= 11 is 0. The molecule has 0 unspecified atom stereocenters. The first-order valence-electron chi connectivity index (χ1n) is 9.15. The molecule has 7 nitrogen and oxygen atoms in total. The van der Waals surface area contributed by atoms with Gasteiger partial charge in [-0.05, 0) is 49.2 Å². The highest BCUT2D eigenvalue weighted by molar-refractivity contribution is 7.89. The minimum absolute atomic E-state index is 0.0862. The van der Waals surface area contributed by atoms with E-state index in [-0.39, 0.29) is 17.3 Å². The molecular weight excluding hydrogens is 378 g/mol. The van der Waals surface area contributed by atoms with Crippen LogP contribution in [0.15, 0.2) is 47.4 Å². The third kappa shape index (κ3) is 4.89. The Morgan fingerprint density at radius 2 is 1.82 bits per heavy atom. The van der Waals surface area contributed by atoms with E-state index in [1.165, 1.54) is 10.4 Å². The fraction of sp³-hybridized carbons (Fsp3) is 0.350. The van der Waals surface area contributed by atoms with Gasteiger partial charge in [0.15, 0.2) is 0 Å². The summed E-state index contributed by atoms with van der Waals surface area (Å²) in [5, 5.41) is 5.82. The van der Waals surface area contributed by atoms with E-state index < -0.39 is 10.0 Å². The third-order valence-corrected chi connectivity index (χ3v) is 6.57. The van der Waals surface area contributed by atoms with Gasteiger partial charge in [-0.25, -0.2) is 8.42 Å². The Balaban J connectivity index is 1.69. The Morgan fingerprint density at radius 1 is 1.07 bits per heavy atom. The Labute approximate surface area is 165 Å². The standard InChI is InChI=1S/C20H25N3O4S/c1-15-4-3-5-17(12-15)21-14-20(24)22-18-7-6-16(2)19(13-18)28(25,26)23-8-10-27-11-9-23/h3-7,12-13,21H,8-11,14H2,1-2H3,(H,22,24). The number of morpholine rings is 1. The molecule has 0 bridgehead atoms. The van der Waals surface area contributed by atoms with Crippen molar-refractivity contribution < 1.29 is 17.9 Å². The molecule has 2 aromatic rings. The fourth-order valence-corrected chi connectivity index (χ4v) is 4.68. The maximum Gasteiger partial charge on any atom is 0.243 e. The highest BCUT2D eigenvalue weighted by Crippen LogP contribution is 2.24. The molecular formula is C20H25N3O4S. The maximum atomic E-state index is 12.9. The molecule has 1 aliphatic heterocycles. The summed E-state index contributed by atoms with van der Waals surface area (Å²) in [6.07, 6.45) is 0. The van der Waals surface area contributed by atoms with Crippen molar-refractivity contribution in [3.63, 3.8) is 0 Å². The van der Waals surface area contributed by atoms with Gasteiger partial charge in [0.2, 0.25) is 15.9 Å². The van der Waals surface area contributed by atoms with E-state index in [4.69, 9.17) is 4.74 Å². The van der Waals surface area contributed by atoms with Gasteiger partial charge < -0.3 is 15.4 Å². The van der Waals surface area contributed by atoms with E-state index in [0.29, 0.717) is 37.6 Å². The van der Waals surface area contributed by atoms with Crippen LogP contribution in [0.5, 0.6) is 0 Å². The molecule has 0 radical (unpaired) electrons. The quantitative estimate of drug-likeness (QED) is 0.773. The van der Waals surface area contributed by atoms with Crippen LogP contribution >= 0.6 is 0 Å².